The van der Waals surface area contributed by atoms with Crippen molar-refractivity contribution in [2.75, 3.05) is 13.1 Å². The maximum absolute atomic E-state index is 12.0. The normalized spacial score (nSPS) is 10.8. The van der Waals surface area contributed by atoms with E-state index in [2.05, 4.69) is 16.0 Å². The van der Waals surface area contributed by atoms with Gasteiger partial charge in [0, 0.05) is 18.5 Å². The Bertz CT molecular complexity index is 720. The van der Waals surface area contributed by atoms with E-state index in [4.69, 9.17) is 11.5 Å². The van der Waals surface area contributed by atoms with Crippen LogP contribution in [-0.4, -0.2) is 38.5 Å². The Kier molecular flexibility index (Phi) is 8.67. The van der Waals surface area contributed by atoms with Crippen LogP contribution in [0.4, 0.5) is 0 Å². The summed E-state index contributed by atoms with van der Waals surface area (Å²) in [5.74, 6) is 1.10. The SMILES string of the molecule is C#CCNS(=O)(=O)c1ccc(C(=O)NCCCCCCC(=O)O)cc1. The van der Waals surface area contributed by atoms with Gasteiger partial charge in [-0.15, -0.1) is 6.42 Å². The summed E-state index contributed by atoms with van der Waals surface area (Å²) in [4.78, 5) is 22.4. The first-order valence-electron chi connectivity index (χ1n) is 7.90. The van der Waals surface area contributed by atoms with Crippen molar-refractivity contribution < 1.29 is 23.1 Å². The van der Waals surface area contributed by atoms with E-state index in [0.29, 0.717) is 18.5 Å². The molecule has 25 heavy (non-hydrogen) atoms. The van der Waals surface area contributed by atoms with E-state index >= 15 is 0 Å². The number of nitrogens with one attached hydrogen (secondary N) is 2. The highest BCUT2D eigenvalue weighted by Crippen LogP contribution is 2.10. The molecule has 1 rings (SSSR count). The Hall–Kier alpha value is -2.37. The molecule has 0 aliphatic heterocycles. The van der Waals surface area contributed by atoms with E-state index in [1.807, 2.05) is 0 Å². The minimum Gasteiger partial charge on any atom is -0.481 e. The number of rotatable bonds is 11. The molecule has 0 aliphatic carbocycles. The van der Waals surface area contributed by atoms with Gasteiger partial charge in [-0.1, -0.05) is 18.8 Å². The highest BCUT2D eigenvalue weighted by atomic mass is 32.2. The van der Waals surface area contributed by atoms with Crippen LogP contribution in [0.25, 0.3) is 0 Å². The summed E-state index contributed by atoms with van der Waals surface area (Å²) in [5, 5.41) is 11.3. The zero-order valence-electron chi connectivity index (χ0n) is 13.8. The fourth-order valence-electron chi connectivity index (χ4n) is 2.06. The average Bonchev–Trinajstić information content (AvgIpc) is 2.59. The lowest BCUT2D eigenvalue weighted by Crippen LogP contribution is -2.25. The number of carboxylic acids is 1. The summed E-state index contributed by atoms with van der Waals surface area (Å²) in [6.45, 7) is 0.382. The van der Waals surface area contributed by atoms with Crippen LogP contribution in [0.3, 0.4) is 0 Å². The molecule has 136 valence electrons. The summed E-state index contributed by atoms with van der Waals surface area (Å²) < 4.78 is 26.0. The van der Waals surface area contributed by atoms with Gasteiger partial charge in [-0.05, 0) is 37.1 Å². The molecule has 0 aliphatic rings. The number of benzene rings is 1. The number of terminal acetylenes is 1. The number of carboxylic acid groups (broad SMARTS) is 1. The number of amides is 1. The fraction of sp³-hybridized carbons (Fsp3) is 0.412. The van der Waals surface area contributed by atoms with E-state index in [0.717, 1.165) is 19.3 Å². The first kappa shape index (κ1) is 20.7. The molecule has 1 aromatic rings. The third-order valence-electron chi connectivity index (χ3n) is 3.39. The van der Waals surface area contributed by atoms with E-state index in [1.54, 1.807) is 0 Å². The van der Waals surface area contributed by atoms with Crippen LogP contribution < -0.4 is 10.0 Å². The summed E-state index contributed by atoms with van der Waals surface area (Å²) in [6.07, 6.45) is 8.22. The van der Waals surface area contributed by atoms with Crippen molar-refractivity contribution in [1.82, 2.24) is 10.0 Å². The molecule has 0 aromatic heterocycles. The van der Waals surface area contributed by atoms with Gasteiger partial charge in [0.25, 0.3) is 5.91 Å². The van der Waals surface area contributed by atoms with Crippen molar-refractivity contribution >= 4 is 21.9 Å². The second-order valence-electron chi connectivity index (χ2n) is 5.37. The van der Waals surface area contributed by atoms with Gasteiger partial charge < -0.3 is 10.4 Å². The van der Waals surface area contributed by atoms with Crippen LogP contribution in [-0.2, 0) is 14.8 Å². The number of aliphatic carboxylic acids is 1. The number of hydrogen-bond donors (Lipinski definition) is 3. The molecule has 0 saturated carbocycles. The summed E-state index contributed by atoms with van der Waals surface area (Å²) in [5.41, 5.74) is 0.363. The van der Waals surface area contributed by atoms with Crippen molar-refractivity contribution in [3.05, 3.63) is 29.8 Å². The summed E-state index contributed by atoms with van der Waals surface area (Å²) in [6, 6.07) is 5.57. The van der Waals surface area contributed by atoms with Crippen molar-refractivity contribution in [3.63, 3.8) is 0 Å². The van der Waals surface area contributed by atoms with E-state index in [1.165, 1.54) is 24.3 Å². The molecule has 3 N–H and O–H groups in total. The molecular formula is C17H22N2O5S. The lowest BCUT2D eigenvalue weighted by molar-refractivity contribution is -0.137. The predicted octanol–water partition coefficient (Wildman–Crippen LogP) is 1.36. The zero-order valence-corrected chi connectivity index (χ0v) is 14.6. The Labute approximate surface area is 147 Å². The number of unbranched alkanes of at least 4 members (excludes halogenated alkanes) is 3. The second-order valence-corrected chi connectivity index (χ2v) is 7.13. The smallest absolute Gasteiger partial charge is 0.303 e. The van der Waals surface area contributed by atoms with Gasteiger partial charge in [0.2, 0.25) is 10.0 Å². The quantitative estimate of drug-likeness (QED) is 0.404. The first-order valence-corrected chi connectivity index (χ1v) is 9.38. The van der Waals surface area contributed by atoms with Crippen LogP contribution in [0.2, 0.25) is 0 Å². The predicted molar refractivity (Wildman–Crippen MR) is 93.5 cm³/mol. The number of carbonyl (C=O) groups excluding carboxylic acids is 1. The Morgan fingerprint density at radius 3 is 2.32 bits per heavy atom. The molecule has 7 nitrogen and oxygen atoms in total. The fourth-order valence-corrected chi connectivity index (χ4v) is 3.00. The van der Waals surface area contributed by atoms with Crippen molar-refractivity contribution in [2.24, 2.45) is 0 Å². The lowest BCUT2D eigenvalue weighted by atomic mass is 10.1. The highest BCUT2D eigenvalue weighted by molar-refractivity contribution is 7.89. The topological polar surface area (TPSA) is 113 Å². The Morgan fingerprint density at radius 1 is 1.08 bits per heavy atom. The lowest BCUT2D eigenvalue weighted by Gasteiger charge is -2.07. The van der Waals surface area contributed by atoms with Crippen LogP contribution in [0.5, 0.6) is 0 Å². The monoisotopic (exact) mass is 366 g/mol. The van der Waals surface area contributed by atoms with Crippen LogP contribution in [0.1, 0.15) is 42.5 Å². The number of carbonyl (C=O) groups is 2. The summed E-state index contributed by atoms with van der Waals surface area (Å²) >= 11 is 0. The van der Waals surface area contributed by atoms with Gasteiger partial charge in [0.1, 0.15) is 0 Å². The molecule has 1 aromatic carbocycles. The molecule has 1 amide bonds. The van der Waals surface area contributed by atoms with Gasteiger partial charge >= 0.3 is 5.97 Å². The van der Waals surface area contributed by atoms with E-state index < -0.39 is 16.0 Å². The molecule has 0 radical (unpaired) electrons. The third-order valence-corrected chi connectivity index (χ3v) is 4.81. The number of sulfonamides is 1. The van der Waals surface area contributed by atoms with Gasteiger partial charge in [0.05, 0.1) is 11.4 Å². The molecule has 0 bridgehead atoms. The maximum atomic E-state index is 12.0. The molecular weight excluding hydrogens is 344 g/mol. The molecule has 0 saturated heterocycles. The van der Waals surface area contributed by atoms with E-state index in [9.17, 15) is 18.0 Å². The average molecular weight is 366 g/mol. The molecule has 0 unspecified atom stereocenters. The molecule has 8 heteroatoms. The zero-order chi connectivity index (χ0) is 18.7. The van der Waals surface area contributed by atoms with Crippen LogP contribution in [0.15, 0.2) is 29.2 Å². The highest BCUT2D eigenvalue weighted by Gasteiger charge is 2.13. The molecule has 0 fully saturated rings. The van der Waals surface area contributed by atoms with Gasteiger partial charge in [-0.25, -0.2) is 8.42 Å². The van der Waals surface area contributed by atoms with Crippen LogP contribution in [0, 0.1) is 12.3 Å². The largest absolute Gasteiger partial charge is 0.481 e. The van der Waals surface area contributed by atoms with Crippen molar-refractivity contribution in [1.29, 1.82) is 0 Å². The standard InChI is InChI=1S/C17H22N2O5S/c1-2-12-19-25(23,24)15-10-8-14(9-11-15)17(22)18-13-6-4-3-5-7-16(20)21/h1,8-11,19H,3-7,12-13H2,(H,18,22)(H,20,21). The van der Waals surface area contributed by atoms with E-state index in [-0.39, 0.29) is 23.8 Å². The minimum atomic E-state index is -3.67. The third kappa shape index (κ3) is 7.83. The van der Waals surface area contributed by atoms with Gasteiger partial charge in [-0.2, -0.15) is 4.72 Å². The number of hydrogen-bond acceptors (Lipinski definition) is 4. The molecule has 0 heterocycles. The van der Waals surface area contributed by atoms with Crippen molar-refractivity contribution in [2.45, 2.75) is 37.0 Å². The molecule has 0 atom stereocenters. The Morgan fingerprint density at radius 2 is 1.72 bits per heavy atom. The first-order chi connectivity index (χ1) is 11.9. The van der Waals surface area contributed by atoms with Gasteiger partial charge in [0.15, 0.2) is 0 Å². The molecule has 0 spiro atoms. The second kappa shape index (κ2) is 10.5. The van der Waals surface area contributed by atoms with Crippen molar-refractivity contribution in [3.8, 4) is 12.3 Å². The minimum absolute atomic E-state index is 0.0396. The summed E-state index contributed by atoms with van der Waals surface area (Å²) in [7, 11) is -3.67. The Balaban J connectivity index is 2.39. The van der Waals surface area contributed by atoms with Crippen LogP contribution >= 0.6 is 0 Å². The van der Waals surface area contributed by atoms with Gasteiger partial charge in [-0.3, -0.25) is 9.59 Å². The maximum Gasteiger partial charge on any atom is 0.303 e.